The summed E-state index contributed by atoms with van der Waals surface area (Å²) in [7, 11) is 0. The van der Waals surface area contributed by atoms with Gasteiger partial charge in [0.2, 0.25) is 11.6 Å². The van der Waals surface area contributed by atoms with Crippen LogP contribution in [-0.2, 0) is 4.79 Å². The Kier molecular flexibility index (Phi) is 7.97. The molecule has 0 aliphatic rings. The van der Waals surface area contributed by atoms with Crippen molar-refractivity contribution in [3.05, 3.63) is 45.3 Å². The smallest absolute Gasteiger partial charge is 0.324 e. The van der Waals surface area contributed by atoms with E-state index in [0.717, 1.165) is 11.3 Å². The van der Waals surface area contributed by atoms with Gasteiger partial charge < -0.3 is 18.6 Å². The maximum absolute atomic E-state index is 12.2. The van der Waals surface area contributed by atoms with Crippen LogP contribution in [0.5, 0.6) is 17.2 Å². The van der Waals surface area contributed by atoms with Gasteiger partial charge >= 0.3 is 11.0 Å². The Hall–Kier alpha value is -3.93. The maximum Gasteiger partial charge on any atom is 0.324 e. The van der Waals surface area contributed by atoms with E-state index in [2.05, 4.69) is 15.5 Å². The number of rotatable bonds is 11. The van der Waals surface area contributed by atoms with Gasteiger partial charge in [0, 0.05) is 22.6 Å². The minimum absolute atomic E-state index is 0.00944. The van der Waals surface area contributed by atoms with Crippen LogP contribution in [0.4, 0.5) is 11.0 Å². The lowest BCUT2D eigenvalue weighted by Crippen LogP contribution is -2.07. The van der Waals surface area contributed by atoms with Crippen LogP contribution in [0.15, 0.2) is 34.8 Å². The number of hydrogen-bond donors (Lipinski definition) is 1. The molecule has 0 aliphatic carbocycles. The fraction of sp³-hybridized carbons (Fsp3) is 0.286. The number of nitrogens with one attached hydrogen (secondary N) is 1. The summed E-state index contributed by atoms with van der Waals surface area (Å²) in [6.45, 7) is 6.83. The zero-order chi connectivity index (χ0) is 23.8. The normalized spacial score (nSPS) is 10.9. The summed E-state index contributed by atoms with van der Waals surface area (Å²) in [6.07, 6.45) is 2.68. The van der Waals surface area contributed by atoms with Crippen molar-refractivity contribution in [3.8, 4) is 28.7 Å². The largest absolute Gasteiger partial charge is 0.490 e. The Morgan fingerprint density at radius 2 is 1.79 bits per heavy atom. The summed E-state index contributed by atoms with van der Waals surface area (Å²) in [5.74, 6) is 1.04. The number of carbonyl (C=O) groups is 1. The first-order valence-corrected chi connectivity index (χ1v) is 10.9. The molecule has 1 amide bonds. The van der Waals surface area contributed by atoms with Crippen molar-refractivity contribution in [1.29, 1.82) is 0 Å². The van der Waals surface area contributed by atoms with Crippen LogP contribution in [-0.4, -0.2) is 40.8 Å². The van der Waals surface area contributed by atoms with E-state index in [1.807, 2.05) is 20.8 Å². The number of benzene rings is 1. The molecule has 0 bridgehead atoms. The van der Waals surface area contributed by atoms with Crippen LogP contribution in [0.1, 0.15) is 25.6 Å². The van der Waals surface area contributed by atoms with Gasteiger partial charge in [0.1, 0.15) is 0 Å². The fourth-order valence-corrected chi connectivity index (χ4v) is 3.46. The molecule has 0 saturated heterocycles. The van der Waals surface area contributed by atoms with Crippen molar-refractivity contribution in [3.63, 3.8) is 0 Å². The van der Waals surface area contributed by atoms with Crippen LogP contribution in [0.25, 0.3) is 17.5 Å². The first kappa shape index (κ1) is 23.7. The first-order valence-electron chi connectivity index (χ1n) is 10.1. The molecule has 3 rings (SSSR count). The number of nitrogens with zero attached hydrogens (tertiary/aromatic N) is 3. The predicted octanol–water partition coefficient (Wildman–Crippen LogP) is 4.55. The third-order valence-electron chi connectivity index (χ3n) is 4.00. The zero-order valence-electron chi connectivity index (χ0n) is 18.2. The number of carbonyl (C=O) groups excluding carboxylic acids is 1. The molecule has 174 valence electrons. The van der Waals surface area contributed by atoms with Crippen LogP contribution in [0.3, 0.4) is 0 Å². The summed E-state index contributed by atoms with van der Waals surface area (Å²) in [5.41, 5.74) is 0.528. The van der Waals surface area contributed by atoms with Gasteiger partial charge in [-0.15, -0.1) is 5.10 Å². The first-order chi connectivity index (χ1) is 15.9. The van der Waals surface area contributed by atoms with E-state index in [1.165, 1.54) is 18.2 Å². The number of amides is 1. The fourth-order valence-electron chi connectivity index (χ4n) is 2.74. The molecule has 1 N–H and O–H groups in total. The molecule has 33 heavy (non-hydrogen) atoms. The zero-order valence-corrected chi connectivity index (χ0v) is 19.0. The Bertz CT molecular complexity index is 1130. The molecule has 2 heterocycles. The monoisotopic (exact) mass is 474 g/mol. The Morgan fingerprint density at radius 3 is 2.36 bits per heavy atom. The average molecular weight is 474 g/mol. The molecule has 2 aromatic heterocycles. The number of anilines is 1. The third kappa shape index (κ3) is 6.07. The molecule has 0 aliphatic heterocycles. The van der Waals surface area contributed by atoms with E-state index in [9.17, 15) is 14.9 Å². The Labute approximate surface area is 193 Å². The molecule has 0 spiro atoms. The van der Waals surface area contributed by atoms with Crippen molar-refractivity contribution in [2.24, 2.45) is 0 Å². The number of nitro groups is 1. The second kappa shape index (κ2) is 11.1. The highest BCUT2D eigenvalue weighted by Gasteiger charge is 2.19. The Morgan fingerprint density at radius 1 is 1.12 bits per heavy atom. The highest BCUT2D eigenvalue weighted by molar-refractivity contribution is 7.16. The molecule has 0 saturated carbocycles. The van der Waals surface area contributed by atoms with Gasteiger partial charge in [-0.2, -0.15) is 0 Å². The molecular weight excluding hydrogens is 452 g/mol. The van der Waals surface area contributed by atoms with Crippen molar-refractivity contribution in [1.82, 2.24) is 10.2 Å². The van der Waals surface area contributed by atoms with Crippen molar-refractivity contribution in [2.45, 2.75) is 20.8 Å². The molecule has 0 fully saturated rings. The van der Waals surface area contributed by atoms with Crippen molar-refractivity contribution < 1.29 is 28.3 Å². The number of aromatic nitrogens is 2. The third-order valence-corrected chi connectivity index (χ3v) is 5.00. The van der Waals surface area contributed by atoms with Gasteiger partial charge in [0.15, 0.2) is 11.5 Å². The van der Waals surface area contributed by atoms with Crippen LogP contribution in [0.2, 0.25) is 0 Å². The van der Waals surface area contributed by atoms with Gasteiger partial charge in [-0.05, 0) is 45.0 Å². The van der Waals surface area contributed by atoms with Gasteiger partial charge in [-0.1, -0.05) is 16.4 Å². The standard InChI is InChI=1S/C21H22N4O7S/c1-4-29-15-11-13(12-16(30-5-2)19(15)31-6-3)20-23-24-21(32-20)22-17(26)9-7-14-8-10-18(33-14)25(27)28/h7-12H,4-6H2,1-3H3,(H,22,24,26)/b9-7+. The summed E-state index contributed by atoms with van der Waals surface area (Å²) in [5, 5.41) is 21.0. The van der Waals surface area contributed by atoms with Crippen molar-refractivity contribution in [2.75, 3.05) is 25.1 Å². The highest BCUT2D eigenvalue weighted by Crippen LogP contribution is 2.41. The van der Waals surface area contributed by atoms with E-state index < -0.39 is 10.8 Å². The van der Waals surface area contributed by atoms with E-state index in [-0.39, 0.29) is 16.9 Å². The second-order valence-corrected chi connectivity index (χ2v) is 7.36. The van der Waals surface area contributed by atoms with Gasteiger partial charge in [-0.3, -0.25) is 20.2 Å². The highest BCUT2D eigenvalue weighted by atomic mass is 32.1. The predicted molar refractivity (Wildman–Crippen MR) is 122 cm³/mol. The molecule has 11 nitrogen and oxygen atoms in total. The lowest BCUT2D eigenvalue weighted by molar-refractivity contribution is -0.380. The minimum Gasteiger partial charge on any atom is -0.490 e. The molecular formula is C21H22N4O7S. The van der Waals surface area contributed by atoms with Crippen LogP contribution in [0, 0.1) is 10.1 Å². The van der Waals surface area contributed by atoms with E-state index in [0.29, 0.717) is 47.5 Å². The van der Waals surface area contributed by atoms with Gasteiger partial charge in [0.05, 0.1) is 24.7 Å². The molecule has 0 atom stereocenters. The van der Waals surface area contributed by atoms with Gasteiger partial charge in [-0.25, -0.2) is 0 Å². The molecule has 12 heteroatoms. The summed E-state index contributed by atoms with van der Waals surface area (Å²) in [4.78, 5) is 23.0. The lowest BCUT2D eigenvalue weighted by atomic mass is 10.2. The molecule has 1 aromatic carbocycles. The van der Waals surface area contributed by atoms with E-state index >= 15 is 0 Å². The maximum atomic E-state index is 12.2. The van der Waals surface area contributed by atoms with E-state index in [1.54, 1.807) is 18.2 Å². The number of hydrogen-bond acceptors (Lipinski definition) is 10. The van der Waals surface area contributed by atoms with Crippen LogP contribution >= 0.6 is 11.3 Å². The SMILES string of the molecule is CCOc1cc(-c2nnc(NC(=O)/C=C/c3ccc([N+](=O)[O-])s3)o2)cc(OCC)c1OCC. The van der Waals surface area contributed by atoms with Crippen molar-refractivity contribution >= 4 is 34.3 Å². The number of ether oxygens (including phenoxy) is 3. The van der Waals surface area contributed by atoms with Crippen LogP contribution < -0.4 is 19.5 Å². The lowest BCUT2D eigenvalue weighted by Gasteiger charge is -2.16. The summed E-state index contributed by atoms with van der Waals surface area (Å²) in [6, 6.07) is 6.20. The Balaban J connectivity index is 1.77. The quantitative estimate of drug-likeness (QED) is 0.241. The minimum atomic E-state index is -0.530. The second-order valence-electron chi connectivity index (χ2n) is 6.27. The molecule has 3 aromatic rings. The summed E-state index contributed by atoms with van der Waals surface area (Å²) >= 11 is 0.954. The molecule has 0 unspecified atom stereocenters. The number of thiophene rings is 1. The summed E-state index contributed by atoms with van der Waals surface area (Å²) < 4.78 is 22.6. The average Bonchev–Trinajstić information content (AvgIpc) is 3.44. The van der Waals surface area contributed by atoms with Gasteiger partial charge in [0.25, 0.3) is 5.91 Å². The topological polar surface area (TPSA) is 139 Å². The van der Waals surface area contributed by atoms with E-state index in [4.69, 9.17) is 18.6 Å². The molecule has 0 radical (unpaired) electrons.